The van der Waals surface area contributed by atoms with Crippen LogP contribution < -0.4 is 15.4 Å². The summed E-state index contributed by atoms with van der Waals surface area (Å²) in [7, 11) is 3.48. The van der Waals surface area contributed by atoms with Gasteiger partial charge in [0.1, 0.15) is 17.3 Å². The maximum Gasteiger partial charge on any atom is 0.229 e. The molecule has 0 aliphatic heterocycles. The number of benzene rings is 1. The SMILES string of the molecule is CCn1nnc(-c2cc(Nc3nc(C)cc(NC)n3)ccc2OC)c1C. The summed E-state index contributed by atoms with van der Waals surface area (Å²) in [6.45, 7) is 6.74. The van der Waals surface area contributed by atoms with Gasteiger partial charge in [0.2, 0.25) is 5.95 Å². The molecule has 0 fully saturated rings. The average molecular weight is 353 g/mol. The third-order valence-electron chi connectivity index (χ3n) is 4.10. The lowest BCUT2D eigenvalue weighted by atomic mass is 10.1. The Morgan fingerprint density at radius 1 is 1.15 bits per heavy atom. The van der Waals surface area contributed by atoms with E-state index in [0.29, 0.717) is 5.95 Å². The molecule has 0 saturated carbocycles. The van der Waals surface area contributed by atoms with Gasteiger partial charge in [0.15, 0.2) is 0 Å². The molecule has 8 heteroatoms. The molecule has 0 spiro atoms. The summed E-state index contributed by atoms with van der Waals surface area (Å²) >= 11 is 0. The lowest BCUT2D eigenvalue weighted by molar-refractivity contribution is 0.416. The highest BCUT2D eigenvalue weighted by atomic mass is 16.5. The van der Waals surface area contributed by atoms with Crippen molar-refractivity contribution in [1.29, 1.82) is 0 Å². The molecule has 1 aromatic carbocycles. The molecule has 8 nitrogen and oxygen atoms in total. The molecule has 3 rings (SSSR count). The smallest absolute Gasteiger partial charge is 0.229 e. The molecule has 3 aromatic rings. The van der Waals surface area contributed by atoms with Crippen LogP contribution in [-0.4, -0.2) is 39.1 Å². The van der Waals surface area contributed by atoms with Gasteiger partial charge in [-0.1, -0.05) is 5.21 Å². The second-order valence-corrected chi connectivity index (χ2v) is 5.85. The van der Waals surface area contributed by atoms with Crippen LogP contribution in [0.5, 0.6) is 5.75 Å². The molecular weight excluding hydrogens is 330 g/mol. The molecule has 0 radical (unpaired) electrons. The zero-order chi connectivity index (χ0) is 18.7. The lowest BCUT2D eigenvalue weighted by Gasteiger charge is -2.12. The minimum absolute atomic E-state index is 0.527. The van der Waals surface area contributed by atoms with E-state index >= 15 is 0 Å². The average Bonchev–Trinajstić information content (AvgIpc) is 3.01. The summed E-state index contributed by atoms with van der Waals surface area (Å²) in [5.74, 6) is 2.03. The number of aromatic nitrogens is 5. The van der Waals surface area contributed by atoms with E-state index in [-0.39, 0.29) is 0 Å². The van der Waals surface area contributed by atoms with Crippen LogP contribution in [0.15, 0.2) is 24.3 Å². The second kappa shape index (κ2) is 7.38. The molecule has 0 atom stereocenters. The van der Waals surface area contributed by atoms with Gasteiger partial charge in [-0.25, -0.2) is 9.67 Å². The summed E-state index contributed by atoms with van der Waals surface area (Å²) in [5.41, 5.74) is 4.39. The fraction of sp³-hybridized carbons (Fsp3) is 0.333. The Morgan fingerprint density at radius 3 is 2.62 bits per heavy atom. The van der Waals surface area contributed by atoms with Crippen molar-refractivity contribution in [2.45, 2.75) is 27.3 Å². The van der Waals surface area contributed by atoms with Gasteiger partial charge in [-0.05, 0) is 39.0 Å². The fourth-order valence-corrected chi connectivity index (χ4v) is 2.76. The van der Waals surface area contributed by atoms with Gasteiger partial charge in [-0.3, -0.25) is 0 Å². The van der Waals surface area contributed by atoms with Crippen molar-refractivity contribution in [3.05, 3.63) is 35.7 Å². The summed E-state index contributed by atoms with van der Waals surface area (Å²) in [4.78, 5) is 8.86. The summed E-state index contributed by atoms with van der Waals surface area (Å²) in [6, 6.07) is 7.68. The van der Waals surface area contributed by atoms with Crippen LogP contribution in [0.3, 0.4) is 0 Å². The van der Waals surface area contributed by atoms with Crippen molar-refractivity contribution in [2.24, 2.45) is 0 Å². The lowest BCUT2D eigenvalue weighted by Crippen LogP contribution is -2.02. The number of anilines is 3. The minimum Gasteiger partial charge on any atom is -0.496 e. The molecule has 26 heavy (non-hydrogen) atoms. The number of ether oxygens (including phenoxy) is 1. The van der Waals surface area contributed by atoms with E-state index in [0.717, 1.165) is 46.4 Å². The Morgan fingerprint density at radius 2 is 1.96 bits per heavy atom. The number of aryl methyl sites for hydroxylation is 2. The van der Waals surface area contributed by atoms with Crippen molar-refractivity contribution in [3.63, 3.8) is 0 Å². The molecule has 136 valence electrons. The highest BCUT2D eigenvalue weighted by molar-refractivity contribution is 5.74. The first-order valence-electron chi connectivity index (χ1n) is 8.44. The van der Waals surface area contributed by atoms with Crippen molar-refractivity contribution in [3.8, 4) is 17.0 Å². The van der Waals surface area contributed by atoms with Crippen LogP contribution in [0.2, 0.25) is 0 Å². The maximum absolute atomic E-state index is 5.51. The monoisotopic (exact) mass is 353 g/mol. The molecule has 0 aliphatic carbocycles. The third kappa shape index (κ3) is 3.44. The Balaban J connectivity index is 2.00. The second-order valence-electron chi connectivity index (χ2n) is 5.85. The van der Waals surface area contributed by atoms with E-state index < -0.39 is 0 Å². The standard InChI is InChI=1S/C18H23N7O/c1-6-25-12(3)17(23-24-25)14-10-13(7-8-15(14)26-5)21-18-20-11(2)9-16(19-4)22-18/h7-10H,6H2,1-5H3,(H2,19,20,21,22). The van der Waals surface area contributed by atoms with Crippen molar-refractivity contribution in [1.82, 2.24) is 25.0 Å². The van der Waals surface area contributed by atoms with E-state index in [1.807, 2.05) is 56.8 Å². The molecule has 2 aromatic heterocycles. The molecule has 0 amide bonds. The number of rotatable bonds is 6. The molecular formula is C18H23N7O. The topological polar surface area (TPSA) is 89.8 Å². The first-order valence-corrected chi connectivity index (χ1v) is 8.44. The van der Waals surface area contributed by atoms with Gasteiger partial charge >= 0.3 is 0 Å². The number of hydrogen-bond donors (Lipinski definition) is 2. The largest absolute Gasteiger partial charge is 0.496 e. The van der Waals surface area contributed by atoms with Gasteiger partial charge < -0.3 is 15.4 Å². The van der Waals surface area contributed by atoms with E-state index in [9.17, 15) is 0 Å². The van der Waals surface area contributed by atoms with Gasteiger partial charge in [0.25, 0.3) is 0 Å². The molecule has 0 bridgehead atoms. The van der Waals surface area contributed by atoms with Crippen LogP contribution in [0.25, 0.3) is 11.3 Å². The van der Waals surface area contributed by atoms with Gasteiger partial charge in [-0.2, -0.15) is 4.98 Å². The van der Waals surface area contributed by atoms with Crippen LogP contribution >= 0.6 is 0 Å². The maximum atomic E-state index is 5.51. The minimum atomic E-state index is 0.527. The molecule has 2 heterocycles. The Kier molecular flexibility index (Phi) is 5.01. The number of nitrogens with one attached hydrogen (secondary N) is 2. The van der Waals surface area contributed by atoms with E-state index in [1.54, 1.807) is 7.11 Å². The first-order chi connectivity index (χ1) is 12.5. The van der Waals surface area contributed by atoms with E-state index in [4.69, 9.17) is 4.74 Å². The first kappa shape index (κ1) is 17.7. The van der Waals surface area contributed by atoms with Crippen LogP contribution in [0, 0.1) is 13.8 Å². The Bertz CT molecular complexity index is 920. The summed E-state index contributed by atoms with van der Waals surface area (Å²) < 4.78 is 7.37. The van der Waals surface area contributed by atoms with E-state index in [1.165, 1.54) is 0 Å². The third-order valence-corrected chi connectivity index (χ3v) is 4.10. The summed E-state index contributed by atoms with van der Waals surface area (Å²) in [6.07, 6.45) is 0. The number of hydrogen-bond acceptors (Lipinski definition) is 7. The highest BCUT2D eigenvalue weighted by Crippen LogP contribution is 2.33. The van der Waals surface area contributed by atoms with E-state index in [2.05, 4.69) is 30.9 Å². The van der Waals surface area contributed by atoms with Crippen LogP contribution in [-0.2, 0) is 6.54 Å². The highest BCUT2D eigenvalue weighted by Gasteiger charge is 2.15. The predicted molar refractivity (Wildman–Crippen MR) is 102 cm³/mol. The number of methoxy groups -OCH3 is 1. The fourth-order valence-electron chi connectivity index (χ4n) is 2.76. The van der Waals surface area contributed by atoms with Crippen LogP contribution in [0.1, 0.15) is 18.3 Å². The zero-order valence-corrected chi connectivity index (χ0v) is 15.7. The molecule has 0 aliphatic rings. The molecule has 0 unspecified atom stereocenters. The Labute approximate surface area is 152 Å². The van der Waals surface area contributed by atoms with Gasteiger partial charge in [-0.15, -0.1) is 5.10 Å². The van der Waals surface area contributed by atoms with Gasteiger partial charge in [0, 0.05) is 36.6 Å². The zero-order valence-electron chi connectivity index (χ0n) is 15.7. The Hall–Kier alpha value is -3.16. The van der Waals surface area contributed by atoms with Crippen molar-refractivity contribution >= 4 is 17.5 Å². The normalized spacial score (nSPS) is 10.7. The quantitative estimate of drug-likeness (QED) is 0.703. The van der Waals surface area contributed by atoms with Gasteiger partial charge in [0.05, 0.1) is 12.8 Å². The van der Waals surface area contributed by atoms with Crippen molar-refractivity contribution in [2.75, 3.05) is 24.8 Å². The van der Waals surface area contributed by atoms with Crippen molar-refractivity contribution < 1.29 is 4.74 Å². The predicted octanol–water partition coefficient (Wildman–Crippen LogP) is 3.17. The molecule has 0 saturated heterocycles. The summed E-state index contributed by atoms with van der Waals surface area (Å²) in [5, 5.41) is 14.8. The number of nitrogens with zero attached hydrogens (tertiary/aromatic N) is 5. The van der Waals surface area contributed by atoms with Crippen LogP contribution in [0.4, 0.5) is 17.5 Å². The molecule has 2 N–H and O–H groups in total.